The topological polar surface area (TPSA) is 47.3 Å². The zero-order chi connectivity index (χ0) is 15.2. The quantitative estimate of drug-likeness (QED) is 0.794. The van der Waals surface area contributed by atoms with Crippen LogP contribution in [0.5, 0.6) is 5.75 Å². The standard InChI is InChI=1S/C17H21FN2O/c1-12(2)21-17-11-15(6-7-16(17)19)20-9-8-13-4-3-5-14(18)10-13/h3-7,10-12,20H,8-9,19H2,1-2H3. The summed E-state index contributed by atoms with van der Waals surface area (Å²) in [7, 11) is 0. The third-order valence-electron chi connectivity index (χ3n) is 3.01. The lowest BCUT2D eigenvalue weighted by atomic mass is 10.1. The minimum atomic E-state index is -0.201. The second kappa shape index (κ2) is 6.97. The Hall–Kier alpha value is -2.23. The molecular formula is C17H21FN2O. The van der Waals surface area contributed by atoms with Crippen LogP contribution in [0.1, 0.15) is 19.4 Å². The number of nitrogens with two attached hydrogens (primary N) is 1. The molecule has 3 nitrogen and oxygen atoms in total. The van der Waals surface area contributed by atoms with Crippen molar-refractivity contribution in [1.82, 2.24) is 0 Å². The van der Waals surface area contributed by atoms with Gasteiger partial charge in [-0.2, -0.15) is 0 Å². The Morgan fingerprint density at radius 3 is 2.71 bits per heavy atom. The molecule has 21 heavy (non-hydrogen) atoms. The van der Waals surface area contributed by atoms with Gasteiger partial charge in [-0.3, -0.25) is 0 Å². The van der Waals surface area contributed by atoms with E-state index in [0.29, 0.717) is 18.0 Å². The summed E-state index contributed by atoms with van der Waals surface area (Å²) in [6.07, 6.45) is 0.831. The Balaban J connectivity index is 1.94. The molecule has 0 saturated heterocycles. The molecule has 0 radical (unpaired) electrons. The highest BCUT2D eigenvalue weighted by atomic mass is 19.1. The summed E-state index contributed by atoms with van der Waals surface area (Å²) in [5, 5.41) is 3.30. The van der Waals surface area contributed by atoms with Crippen LogP contribution < -0.4 is 15.8 Å². The maximum Gasteiger partial charge on any atom is 0.144 e. The van der Waals surface area contributed by atoms with E-state index in [1.165, 1.54) is 6.07 Å². The molecule has 0 unspecified atom stereocenters. The molecule has 2 aromatic rings. The first-order valence-electron chi connectivity index (χ1n) is 7.09. The lowest BCUT2D eigenvalue weighted by Crippen LogP contribution is -2.09. The fourth-order valence-electron chi connectivity index (χ4n) is 2.04. The Bertz CT molecular complexity index is 599. The van der Waals surface area contributed by atoms with E-state index in [1.807, 2.05) is 38.1 Å². The molecule has 0 amide bonds. The van der Waals surface area contributed by atoms with Gasteiger partial charge in [-0.15, -0.1) is 0 Å². The van der Waals surface area contributed by atoms with Crippen LogP contribution in [0.3, 0.4) is 0 Å². The van der Waals surface area contributed by atoms with Gasteiger partial charge in [0.15, 0.2) is 0 Å². The van der Waals surface area contributed by atoms with Crippen LogP contribution in [0, 0.1) is 5.82 Å². The molecular weight excluding hydrogens is 267 g/mol. The van der Waals surface area contributed by atoms with Gasteiger partial charge in [-0.1, -0.05) is 12.1 Å². The van der Waals surface area contributed by atoms with E-state index >= 15 is 0 Å². The molecule has 4 heteroatoms. The van der Waals surface area contributed by atoms with Crippen molar-refractivity contribution in [1.29, 1.82) is 0 Å². The number of benzene rings is 2. The first-order valence-corrected chi connectivity index (χ1v) is 7.09. The van der Waals surface area contributed by atoms with Crippen molar-refractivity contribution < 1.29 is 9.13 Å². The van der Waals surface area contributed by atoms with Crippen molar-refractivity contribution in [3.8, 4) is 5.75 Å². The van der Waals surface area contributed by atoms with Crippen molar-refractivity contribution in [2.24, 2.45) is 0 Å². The zero-order valence-corrected chi connectivity index (χ0v) is 12.4. The smallest absolute Gasteiger partial charge is 0.144 e. The molecule has 0 aliphatic carbocycles. The maximum absolute atomic E-state index is 13.1. The van der Waals surface area contributed by atoms with E-state index in [2.05, 4.69) is 5.32 Å². The second-order valence-corrected chi connectivity index (χ2v) is 5.23. The van der Waals surface area contributed by atoms with Gasteiger partial charge in [0, 0.05) is 18.3 Å². The largest absolute Gasteiger partial charge is 0.489 e. The van der Waals surface area contributed by atoms with Crippen molar-refractivity contribution in [3.05, 3.63) is 53.8 Å². The molecule has 0 aliphatic rings. The molecule has 0 aliphatic heterocycles. The van der Waals surface area contributed by atoms with Gasteiger partial charge >= 0.3 is 0 Å². The highest BCUT2D eigenvalue weighted by Gasteiger charge is 2.04. The predicted octanol–water partition coefficient (Wildman–Crippen LogP) is 3.85. The molecule has 2 aromatic carbocycles. The molecule has 3 N–H and O–H groups in total. The van der Waals surface area contributed by atoms with E-state index in [9.17, 15) is 4.39 Å². The number of anilines is 2. The lowest BCUT2D eigenvalue weighted by molar-refractivity contribution is 0.244. The molecule has 2 rings (SSSR count). The van der Waals surface area contributed by atoms with E-state index in [-0.39, 0.29) is 11.9 Å². The van der Waals surface area contributed by atoms with Gasteiger partial charge in [0.05, 0.1) is 11.8 Å². The van der Waals surface area contributed by atoms with Crippen LogP contribution in [0.2, 0.25) is 0 Å². The van der Waals surface area contributed by atoms with Gasteiger partial charge in [-0.05, 0) is 50.1 Å². The summed E-state index contributed by atoms with van der Waals surface area (Å²) in [6.45, 7) is 4.64. The second-order valence-electron chi connectivity index (χ2n) is 5.23. The summed E-state index contributed by atoms with van der Waals surface area (Å²) >= 11 is 0. The van der Waals surface area contributed by atoms with E-state index < -0.39 is 0 Å². The lowest BCUT2D eigenvalue weighted by Gasteiger charge is -2.14. The molecule has 112 valence electrons. The zero-order valence-electron chi connectivity index (χ0n) is 12.4. The van der Waals surface area contributed by atoms with E-state index in [0.717, 1.165) is 17.7 Å². The maximum atomic E-state index is 13.1. The van der Waals surface area contributed by atoms with Crippen LogP contribution in [0.4, 0.5) is 15.8 Å². The number of nitrogens with one attached hydrogen (secondary N) is 1. The van der Waals surface area contributed by atoms with Gasteiger partial charge in [0.1, 0.15) is 11.6 Å². The highest BCUT2D eigenvalue weighted by Crippen LogP contribution is 2.26. The first kappa shape index (κ1) is 15.2. The Morgan fingerprint density at radius 1 is 1.19 bits per heavy atom. The normalized spacial score (nSPS) is 10.7. The summed E-state index contributed by atoms with van der Waals surface area (Å²) in [4.78, 5) is 0. The fraction of sp³-hybridized carbons (Fsp3) is 0.294. The van der Waals surface area contributed by atoms with Crippen LogP contribution in [-0.2, 0) is 6.42 Å². The monoisotopic (exact) mass is 288 g/mol. The number of halogens is 1. The molecule has 0 saturated carbocycles. The summed E-state index contributed by atoms with van der Waals surface area (Å²) in [5.74, 6) is 0.480. The minimum absolute atomic E-state index is 0.0786. The Kier molecular flexibility index (Phi) is 5.04. The summed E-state index contributed by atoms with van der Waals surface area (Å²) in [5.41, 5.74) is 8.41. The van der Waals surface area contributed by atoms with Gasteiger partial charge in [-0.25, -0.2) is 4.39 Å². The number of ether oxygens (including phenoxy) is 1. The van der Waals surface area contributed by atoms with Crippen molar-refractivity contribution in [2.75, 3.05) is 17.6 Å². The predicted molar refractivity (Wildman–Crippen MR) is 85.2 cm³/mol. The van der Waals surface area contributed by atoms with Gasteiger partial charge in [0.25, 0.3) is 0 Å². The molecule has 0 fully saturated rings. The van der Waals surface area contributed by atoms with Crippen LogP contribution in [0.25, 0.3) is 0 Å². The third-order valence-corrected chi connectivity index (χ3v) is 3.01. The van der Waals surface area contributed by atoms with Crippen LogP contribution >= 0.6 is 0 Å². The average molecular weight is 288 g/mol. The average Bonchev–Trinajstić information content (AvgIpc) is 2.42. The Labute approximate surface area is 124 Å². The first-order chi connectivity index (χ1) is 10.0. The molecule has 0 spiro atoms. The number of rotatable bonds is 6. The Morgan fingerprint density at radius 2 is 2.00 bits per heavy atom. The molecule has 0 atom stereocenters. The highest BCUT2D eigenvalue weighted by molar-refractivity contribution is 5.61. The van der Waals surface area contributed by atoms with Gasteiger partial charge < -0.3 is 15.8 Å². The van der Waals surface area contributed by atoms with Crippen LogP contribution in [-0.4, -0.2) is 12.6 Å². The van der Waals surface area contributed by atoms with Crippen molar-refractivity contribution in [2.45, 2.75) is 26.4 Å². The minimum Gasteiger partial charge on any atom is -0.489 e. The number of hydrogen-bond acceptors (Lipinski definition) is 3. The molecule has 0 aromatic heterocycles. The fourth-order valence-corrected chi connectivity index (χ4v) is 2.04. The number of nitrogen functional groups attached to an aromatic ring is 1. The van der Waals surface area contributed by atoms with E-state index in [1.54, 1.807) is 12.1 Å². The van der Waals surface area contributed by atoms with Crippen molar-refractivity contribution >= 4 is 11.4 Å². The summed E-state index contributed by atoms with van der Waals surface area (Å²) < 4.78 is 18.7. The van der Waals surface area contributed by atoms with Crippen molar-refractivity contribution in [3.63, 3.8) is 0 Å². The van der Waals surface area contributed by atoms with Crippen LogP contribution in [0.15, 0.2) is 42.5 Å². The molecule has 0 bridgehead atoms. The SMILES string of the molecule is CC(C)Oc1cc(NCCc2cccc(F)c2)ccc1N. The summed E-state index contributed by atoms with van der Waals surface area (Å²) in [6, 6.07) is 12.3. The van der Waals surface area contributed by atoms with E-state index in [4.69, 9.17) is 10.5 Å². The van der Waals surface area contributed by atoms with Gasteiger partial charge in [0.2, 0.25) is 0 Å². The number of hydrogen-bond donors (Lipinski definition) is 2. The molecule has 0 heterocycles. The third kappa shape index (κ3) is 4.67.